The molecular formula is C13H19NO2S. The van der Waals surface area contributed by atoms with Crippen molar-refractivity contribution in [1.29, 1.82) is 0 Å². The van der Waals surface area contributed by atoms with Crippen molar-refractivity contribution in [2.75, 3.05) is 12.8 Å². The molecule has 1 rings (SSSR count). The molecule has 1 aromatic carbocycles. The Kier molecular flexibility index (Phi) is 4.11. The lowest BCUT2D eigenvalue weighted by Gasteiger charge is -2.23. The molecule has 0 radical (unpaired) electrons. The molecule has 0 fully saturated rings. The van der Waals surface area contributed by atoms with Gasteiger partial charge in [-0.1, -0.05) is 36.4 Å². The summed E-state index contributed by atoms with van der Waals surface area (Å²) in [6.45, 7) is 3.93. The van der Waals surface area contributed by atoms with Crippen LogP contribution in [-0.2, 0) is 14.6 Å². The fraction of sp³-hybridized carbons (Fsp3) is 0.385. The molecule has 0 heterocycles. The van der Waals surface area contributed by atoms with Gasteiger partial charge < -0.3 is 5.73 Å². The number of benzene rings is 1. The van der Waals surface area contributed by atoms with E-state index in [0.717, 1.165) is 11.1 Å². The van der Waals surface area contributed by atoms with E-state index in [1.54, 1.807) is 13.8 Å². The minimum Gasteiger partial charge on any atom is -0.327 e. The molecule has 0 unspecified atom stereocenters. The van der Waals surface area contributed by atoms with E-state index in [9.17, 15) is 8.42 Å². The molecule has 4 heteroatoms. The molecule has 0 bridgehead atoms. The Balaban J connectivity index is 3.07. The number of hydrogen-bond donors (Lipinski definition) is 1. The first-order valence-electron chi connectivity index (χ1n) is 5.46. The van der Waals surface area contributed by atoms with E-state index >= 15 is 0 Å². The quantitative estimate of drug-likeness (QED) is 0.892. The highest BCUT2D eigenvalue weighted by molar-refractivity contribution is 7.91. The molecule has 1 aromatic rings. The van der Waals surface area contributed by atoms with Crippen molar-refractivity contribution in [1.82, 2.24) is 0 Å². The van der Waals surface area contributed by atoms with Crippen molar-refractivity contribution in [3.8, 4) is 0 Å². The molecule has 3 nitrogen and oxygen atoms in total. The molecule has 0 spiro atoms. The first-order valence-corrected chi connectivity index (χ1v) is 7.35. The van der Waals surface area contributed by atoms with Crippen LogP contribution in [-0.4, -0.2) is 21.2 Å². The van der Waals surface area contributed by atoms with Crippen LogP contribution in [0.2, 0.25) is 0 Å². The average Bonchev–Trinajstić information content (AvgIpc) is 2.25. The molecule has 0 aliphatic carbocycles. The molecule has 0 saturated carbocycles. The second-order valence-electron chi connectivity index (χ2n) is 4.54. The van der Waals surface area contributed by atoms with E-state index in [2.05, 4.69) is 0 Å². The van der Waals surface area contributed by atoms with Crippen molar-refractivity contribution < 1.29 is 8.42 Å². The van der Waals surface area contributed by atoms with Crippen LogP contribution in [0.1, 0.15) is 25.0 Å². The minimum absolute atomic E-state index is 0.497. The molecular weight excluding hydrogens is 234 g/mol. The van der Waals surface area contributed by atoms with Crippen LogP contribution >= 0.6 is 0 Å². The number of hydrogen-bond acceptors (Lipinski definition) is 3. The van der Waals surface area contributed by atoms with E-state index in [4.69, 9.17) is 5.73 Å². The predicted octanol–water partition coefficient (Wildman–Crippen LogP) is 1.94. The van der Waals surface area contributed by atoms with Gasteiger partial charge in [0.05, 0.1) is 4.75 Å². The second-order valence-corrected chi connectivity index (χ2v) is 7.11. The molecule has 2 N–H and O–H groups in total. The van der Waals surface area contributed by atoms with E-state index in [0.29, 0.717) is 6.54 Å². The average molecular weight is 253 g/mol. The highest BCUT2D eigenvalue weighted by Crippen LogP contribution is 2.28. The van der Waals surface area contributed by atoms with Crippen molar-refractivity contribution in [3.05, 3.63) is 41.5 Å². The van der Waals surface area contributed by atoms with Gasteiger partial charge in [0.25, 0.3) is 0 Å². The summed E-state index contributed by atoms with van der Waals surface area (Å²) in [7, 11) is -3.12. The Morgan fingerprint density at radius 3 is 2.18 bits per heavy atom. The van der Waals surface area contributed by atoms with Crippen LogP contribution in [0.3, 0.4) is 0 Å². The summed E-state index contributed by atoms with van der Waals surface area (Å²) in [5, 5.41) is 0. The van der Waals surface area contributed by atoms with E-state index < -0.39 is 14.6 Å². The number of rotatable bonds is 4. The first-order chi connectivity index (χ1) is 7.79. The lowest BCUT2D eigenvalue weighted by Crippen LogP contribution is -2.27. The topological polar surface area (TPSA) is 60.2 Å². The molecule has 94 valence electrons. The summed E-state index contributed by atoms with van der Waals surface area (Å²) in [6, 6.07) is 7.48. The van der Waals surface area contributed by atoms with Crippen molar-refractivity contribution in [2.45, 2.75) is 18.6 Å². The normalized spacial score (nSPS) is 13.2. The molecule has 0 atom stereocenters. The Morgan fingerprint density at radius 2 is 1.76 bits per heavy atom. The lowest BCUT2D eigenvalue weighted by molar-refractivity contribution is 0.561. The Morgan fingerprint density at radius 1 is 1.24 bits per heavy atom. The Bertz CT molecular complexity index is 499. The SMILES string of the molecule is CC(C)(c1ccc(/C=C/CN)cc1)S(C)(=O)=O. The van der Waals surface area contributed by atoms with Gasteiger partial charge in [0.1, 0.15) is 0 Å². The summed E-state index contributed by atoms with van der Waals surface area (Å²) in [5.74, 6) is 0. The van der Waals surface area contributed by atoms with Crippen LogP contribution < -0.4 is 5.73 Å². The zero-order chi connectivity index (χ0) is 13.1. The molecule has 0 saturated heterocycles. The maximum absolute atomic E-state index is 11.7. The Hall–Kier alpha value is -1.13. The van der Waals surface area contributed by atoms with Crippen LogP contribution in [0, 0.1) is 0 Å². The fourth-order valence-electron chi connectivity index (χ4n) is 1.41. The van der Waals surface area contributed by atoms with Gasteiger partial charge in [0.2, 0.25) is 0 Å². The first kappa shape index (κ1) is 13.9. The molecule has 17 heavy (non-hydrogen) atoms. The lowest BCUT2D eigenvalue weighted by atomic mass is 10.0. The van der Waals surface area contributed by atoms with Crippen LogP contribution in [0.4, 0.5) is 0 Å². The standard InChI is InChI=1S/C13H19NO2S/c1-13(2,17(3,15)16)12-8-6-11(7-9-12)5-4-10-14/h4-9H,10,14H2,1-3H3/b5-4+. The summed E-state index contributed by atoms with van der Waals surface area (Å²) >= 11 is 0. The van der Waals surface area contributed by atoms with E-state index in [-0.39, 0.29) is 0 Å². The van der Waals surface area contributed by atoms with Crippen molar-refractivity contribution in [3.63, 3.8) is 0 Å². The highest BCUT2D eigenvalue weighted by Gasteiger charge is 2.31. The molecule has 0 aliphatic heterocycles. The van der Waals surface area contributed by atoms with Crippen LogP contribution in [0.25, 0.3) is 6.08 Å². The maximum Gasteiger partial charge on any atom is 0.156 e. The monoisotopic (exact) mass is 253 g/mol. The second kappa shape index (κ2) is 5.02. The number of sulfone groups is 1. The molecule has 0 amide bonds. The summed E-state index contributed by atoms with van der Waals surface area (Å²) < 4.78 is 22.5. The maximum atomic E-state index is 11.7. The summed E-state index contributed by atoms with van der Waals surface area (Å²) in [6.07, 6.45) is 5.03. The van der Waals surface area contributed by atoms with E-state index in [1.807, 2.05) is 36.4 Å². The smallest absolute Gasteiger partial charge is 0.156 e. The fourth-order valence-corrected chi connectivity index (χ4v) is 1.98. The minimum atomic E-state index is -3.12. The molecule has 0 aromatic heterocycles. The van der Waals surface area contributed by atoms with Gasteiger partial charge in [-0.25, -0.2) is 8.42 Å². The summed E-state index contributed by atoms with van der Waals surface area (Å²) in [5.41, 5.74) is 7.18. The van der Waals surface area contributed by atoms with Crippen LogP contribution in [0.5, 0.6) is 0 Å². The summed E-state index contributed by atoms with van der Waals surface area (Å²) in [4.78, 5) is 0. The zero-order valence-corrected chi connectivity index (χ0v) is 11.3. The van der Waals surface area contributed by atoms with E-state index in [1.165, 1.54) is 6.26 Å². The largest absolute Gasteiger partial charge is 0.327 e. The predicted molar refractivity (Wildman–Crippen MR) is 72.4 cm³/mol. The third-order valence-electron chi connectivity index (χ3n) is 2.98. The van der Waals surface area contributed by atoms with Gasteiger partial charge in [0, 0.05) is 12.8 Å². The van der Waals surface area contributed by atoms with Gasteiger partial charge in [0.15, 0.2) is 9.84 Å². The number of nitrogens with two attached hydrogens (primary N) is 1. The highest BCUT2D eigenvalue weighted by atomic mass is 32.2. The van der Waals surface area contributed by atoms with Gasteiger partial charge >= 0.3 is 0 Å². The third-order valence-corrected chi connectivity index (χ3v) is 5.07. The van der Waals surface area contributed by atoms with Crippen molar-refractivity contribution in [2.24, 2.45) is 5.73 Å². The molecule has 0 aliphatic rings. The van der Waals surface area contributed by atoms with Gasteiger partial charge in [-0.15, -0.1) is 0 Å². The van der Waals surface area contributed by atoms with Crippen molar-refractivity contribution >= 4 is 15.9 Å². The van der Waals surface area contributed by atoms with Gasteiger partial charge in [-0.3, -0.25) is 0 Å². The van der Waals surface area contributed by atoms with Crippen LogP contribution in [0.15, 0.2) is 30.3 Å². The van der Waals surface area contributed by atoms with Gasteiger partial charge in [-0.2, -0.15) is 0 Å². The third kappa shape index (κ3) is 3.17. The van der Waals surface area contributed by atoms with Gasteiger partial charge in [-0.05, 0) is 25.0 Å². The Labute approximate surface area is 103 Å². The zero-order valence-electron chi connectivity index (χ0n) is 10.5.